The lowest BCUT2D eigenvalue weighted by atomic mass is 9.80. The molecule has 6 nitrogen and oxygen atoms in total. The first-order valence-corrected chi connectivity index (χ1v) is 8.48. The lowest BCUT2D eigenvalue weighted by Gasteiger charge is -2.42. The zero-order valence-electron chi connectivity index (χ0n) is 13.5. The van der Waals surface area contributed by atoms with E-state index < -0.39 is 0 Å². The average Bonchev–Trinajstić information content (AvgIpc) is 3.19. The second-order valence-electron chi connectivity index (χ2n) is 6.90. The number of carbonyl (C=O) groups is 1. The molecule has 1 aliphatic heterocycles. The topological polar surface area (TPSA) is 77.7 Å². The molecular formula is C18H19N5O. The van der Waals surface area contributed by atoms with E-state index >= 15 is 0 Å². The number of aryl methyl sites for hydroxylation is 1. The van der Waals surface area contributed by atoms with Gasteiger partial charge in [-0.1, -0.05) is 0 Å². The number of hydrogen-bond acceptors (Lipinski definition) is 3. The van der Waals surface area contributed by atoms with Crippen molar-refractivity contribution in [3.05, 3.63) is 47.3 Å². The Morgan fingerprint density at radius 1 is 1.38 bits per heavy atom. The monoisotopic (exact) mass is 321 g/mol. The van der Waals surface area contributed by atoms with E-state index in [1.165, 1.54) is 11.4 Å². The van der Waals surface area contributed by atoms with Crippen LogP contribution in [-0.4, -0.2) is 43.3 Å². The highest BCUT2D eigenvalue weighted by Gasteiger charge is 2.39. The van der Waals surface area contributed by atoms with Crippen molar-refractivity contribution in [2.75, 3.05) is 6.54 Å². The van der Waals surface area contributed by atoms with Gasteiger partial charge in [0.15, 0.2) is 0 Å². The number of rotatable bonds is 1. The van der Waals surface area contributed by atoms with E-state index in [2.05, 4.69) is 19.9 Å². The van der Waals surface area contributed by atoms with Crippen LogP contribution in [0.2, 0.25) is 0 Å². The molecule has 3 aromatic rings. The van der Waals surface area contributed by atoms with Crippen LogP contribution in [0.3, 0.4) is 0 Å². The maximum Gasteiger partial charge on any atom is 0.254 e. The van der Waals surface area contributed by atoms with E-state index in [9.17, 15) is 4.79 Å². The van der Waals surface area contributed by atoms with Crippen LogP contribution in [0.1, 0.15) is 46.3 Å². The number of likely N-dealkylation sites (tertiary alicyclic amines) is 1. The van der Waals surface area contributed by atoms with Gasteiger partial charge in [0, 0.05) is 36.2 Å². The van der Waals surface area contributed by atoms with E-state index in [1.807, 2.05) is 30.0 Å². The number of benzene rings is 1. The fourth-order valence-electron chi connectivity index (χ4n) is 4.28. The number of amides is 1. The Bertz CT molecular complexity index is 940. The summed E-state index contributed by atoms with van der Waals surface area (Å²) in [6.45, 7) is 2.81. The number of carbonyl (C=O) groups excluding carboxylic acids is 1. The average molecular weight is 321 g/mol. The summed E-state index contributed by atoms with van der Waals surface area (Å²) in [4.78, 5) is 30.4. The SMILES string of the molecule is Cc1nc2c([nH]1)C[C@@H]1CC2CCN1C(=O)c1ccc2nc[nH]c2c1. The Hall–Kier alpha value is -2.63. The number of aromatic nitrogens is 4. The van der Waals surface area contributed by atoms with Crippen LogP contribution in [0.25, 0.3) is 11.0 Å². The maximum atomic E-state index is 13.0. The summed E-state index contributed by atoms with van der Waals surface area (Å²) in [6.07, 6.45) is 4.56. The predicted octanol–water partition coefficient (Wildman–Crippen LogP) is 2.54. The van der Waals surface area contributed by atoms with Crippen molar-refractivity contribution >= 4 is 16.9 Å². The largest absolute Gasteiger partial charge is 0.346 e. The summed E-state index contributed by atoms with van der Waals surface area (Å²) in [5, 5.41) is 0. The highest BCUT2D eigenvalue weighted by molar-refractivity contribution is 5.97. The molecule has 2 aromatic heterocycles. The van der Waals surface area contributed by atoms with E-state index in [0.717, 1.165) is 48.2 Å². The third kappa shape index (κ3) is 1.99. The lowest BCUT2D eigenvalue weighted by Crippen LogP contribution is -2.48. The van der Waals surface area contributed by atoms with Gasteiger partial charge in [0.25, 0.3) is 5.91 Å². The van der Waals surface area contributed by atoms with Crippen molar-refractivity contribution in [2.45, 2.75) is 38.1 Å². The fourth-order valence-corrected chi connectivity index (χ4v) is 4.28. The number of piperidine rings is 1. The van der Waals surface area contributed by atoms with Crippen molar-refractivity contribution in [1.82, 2.24) is 24.8 Å². The standard InChI is InChI=1S/C18H19N5O/c1-10-21-16-8-13-6-11(17(16)22-10)4-5-23(13)18(24)12-2-3-14-15(7-12)20-9-19-14/h2-3,7,9,11,13H,4-6,8H2,1H3,(H,19,20)(H,21,22)/t11?,13-/m0/s1. The first-order valence-electron chi connectivity index (χ1n) is 8.48. The molecule has 2 bridgehead atoms. The molecule has 3 heterocycles. The minimum atomic E-state index is 0.120. The third-order valence-electron chi connectivity index (χ3n) is 5.40. The van der Waals surface area contributed by atoms with Gasteiger partial charge in [-0.25, -0.2) is 9.97 Å². The summed E-state index contributed by atoms with van der Waals surface area (Å²) in [5.74, 6) is 1.59. The molecule has 1 amide bonds. The van der Waals surface area contributed by atoms with Gasteiger partial charge in [-0.15, -0.1) is 0 Å². The Kier molecular flexibility index (Phi) is 2.83. The fraction of sp³-hybridized carbons (Fsp3) is 0.389. The summed E-state index contributed by atoms with van der Waals surface area (Å²) < 4.78 is 0. The molecule has 0 saturated carbocycles. The molecule has 5 rings (SSSR count). The molecule has 2 atom stereocenters. The summed E-state index contributed by atoms with van der Waals surface area (Å²) >= 11 is 0. The van der Waals surface area contributed by atoms with Gasteiger partial charge in [-0.3, -0.25) is 4.79 Å². The van der Waals surface area contributed by atoms with Gasteiger partial charge in [0.2, 0.25) is 0 Å². The Morgan fingerprint density at radius 3 is 3.21 bits per heavy atom. The van der Waals surface area contributed by atoms with Crippen LogP contribution in [0.5, 0.6) is 0 Å². The van der Waals surface area contributed by atoms with E-state index in [0.29, 0.717) is 5.92 Å². The normalized spacial score (nSPS) is 22.6. The highest BCUT2D eigenvalue weighted by atomic mass is 16.2. The van der Waals surface area contributed by atoms with Gasteiger partial charge < -0.3 is 14.9 Å². The quantitative estimate of drug-likeness (QED) is 0.723. The Labute approximate surface area is 139 Å². The number of aromatic amines is 2. The highest BCUT2D eigenvalue weighted by Crippen LogP contribution is 2.39. The number of nitrogens with one attached hydrogen (secondary N) is 2. The molecule has 1 aromatic carbocycles. The maximum absolute atomic E-state index is 13.0. The number of nitrogens with zero attached hydrogens (tertiary/aromatic N) is 3. The molecule has 122 valence electrons. The summed E-state index contributed by atoms with van der Waals surface area (Å²) in [7, 11) is 0. The molecule has 0 radical (unpaired) electrons. The molecule has 1 aliphatic carbocycles. The smallest absolute Gasteiger partial charge is 0.254 e. The van der Waals surface area contributed by atoms with Crippen LogP contribution in [-0.2, 0) is 6.42 Å². The second-order valence-corrected chi connectivity index (χ2v) is 6.90. The van der Waals surface area contributed by atoms with Crippen molar-refractivity contribution in [1.29, 1.82) is 0 Å². The molecular weight excluding hydrogens is 302 g/mol. The number of imidazole rings is 2. The van der Waals surface area contributed by atoms with E-state index in [-0.39, 0.29) is 11.9 Å². The number of hydrogen-bond donors (Lipinski definition) is 2. The zero-order chi connectivity index (χ0) is 16.3. The van der Waals surface area contributed by atoms with Crippen molar-refractivity contribution in [2.24, 2.45) is 0 Å². The van der Waals surface area contributed by atoms with Gasteiger partial charge >= 0.3 is 0 Å². The van der Waals surface area contributed by atoms with Gasteiger partial charge in [0.1, 0.15) is 5.82 Å². The minimum Gasteiger partial charge on any atom is -0.346 e. The van der Waals surface area contributed by atoms with Crippen LogP contribution in [0, 0.1) is 6.92 Å². The van der Waals surface area contributed by atoms with Crippen LogP contribution < -0.4 is 0 Å². The predicted molar refractivity (Wildman–Crippen MR) is 89.9 cm³/mol. The molecule has 1 saturated heterocycles. The summed E-state index contributed by atoms with van der Waals surface area (Å²) in [6, 6.07) is 5.96. The van der Waals surface area contributed by atoms with Crippen molar-refractivity contribution in [3.8, 4) is 0 Å². The van der Waals surface area contributed by atoms with E-state index in [4.69, 9.17) is 0 Å². The van der Waals surface area contributed by atoms with Gasteiger partial charge in [-0.05, 0) is 38.0 Å². The Balaban J connectivity index is 1.46. The molecule has 24 heavy (non-hydrogen) atoms. The summed E-state index contributed by atoms with van der Waals surface area (Å²) in [5.41, 5.74) is 4.98. The van der Waals surface area contributed by atoms with Crippen LogP contribution >= 0.6 is 0 Å². The second kappa shape index (κ2) is 4.93. The Morgan fingerprint density at radius 2 is 2.29 bits per heavy atom. The molecule has 6 heteroatoms. The molecule has 2 aliphatic rings. The third-order valence-corrected chi connectivity index (χ3v) is 5.40. The molecule has 1 unspecified atom stereocenters. The number of H-pyrrole nitrogens is 2. The van der Waals surface area contributed by atoms with Gasteiger partial charge in [-0.2, -0.15) is 0 Å². The van der Waals surface area contributed by atoms with Crippen LogP contribution in [0.15, 0.2) is 24.5 Å². The molecule has 2 N–H and O–H groups in total. The lowest BCUT2D eigenvalue weighted by molar-refractivity contribution is 0.0571. The van der Waals surface area contributed by atoms with Crippen molar-refractivity contribution < 1.29 is 4.79 Å². The first-order chi connectivity index (χ1) is 11.7. The van der Waals surface area contributed by atoms with Crippen molar-refractivity contribution in [3.63, 3.8) is 0 Å². The molecule has 1 fully saturated rings. The van der Waals surface area contributed by atoms with Crippen LogP contribution in [0.4, 0.5) is 0 Å². The van der Waals surface area contributed by atoms with E-state index in [1.54, 1.807) is 6.33 Å². The van der Waals surface area contributed by atoms with Gasteiger partial charge in [0.05, 0.1) is 23.1 Å². The minimum absolute atomic E-state index is 0.120. The first kappa shape index (κ1) is 13.8. The zero-order valence-corrected chi connectivity index (χ0v) is 13.5. The molecule has 0 spiro atoms. The number of fused-ring (bicyclic) bond motifs is 5.